The van der Waals surface area contributed by atoms with E-state index in [2.05, 4.69) is 5.10 Å². The molecule has 1 atom stereocenters. The van der Waals surface area contributed by atoms with Crippen LogP contribution in [0, 0.1) is 0 Å². The largest absolute Gasteiger partial charge is 0.493 e. The maximum atomic E-state index is 12.3. The molecule has 1 unspecified atom stereocenters. The van der Waals surface area contributed by atoms with Crippen molar-refractivity contribution in [3.8, 4) is 11.5 Å². The summed E-state index contributed by atoms with van der Waals surface area (Å²) in [6.45, 7) is 0.586. The molecule has 0 aliphatic carbocycles. The molecule has 0 spiro atoms. The summed E-state index contributed by atoms with van der Waals surface area (Å²) < 4.78 is 22.9. The average molecular weight is 359 g/mol. The van der Waals surface area contributed by atoms with E-state index >= 15 is 0 Å². The minimum atomic E-state index is -0.996. The Morgan fingerprint density at radius 3 is 2.52 bits per heavy atom. The van der Waals surface area contributed by atoms with Crippen molar-refractivity contribution in [2.75, 3.05) is 31.6 Å². The van der Waals surface area contributed by atoms with E-state index in [1.54, 1.807) is 14.2 Å². The highest BCUT2D eigenvalue weighted by Crippen LogP contribution is 2.28. The van der Waals surface area contributed by atoms with Crippen LogP contribution < -0.4 is 15.2 Å². The second kappa shape index (κ2) is 7.57. The molecule has 0 saturated carbocycles. The van der Waals surface area contributed by atoms with Gasteiger partial charge in [0.1, 0.15) is 5.88 Å². The van der Waals surface area contributed by atoms with E-state index in [4.69, 9.17) is 15.2 Å². The number of benzene rings is 2. The first kappa shape index (κ1) is 17.3. The van der Waals surface area contributed by atoms with Crippen LogP contribution in [-0.2, 0) is 17.3 Å². The van der Waals surface area contributed by atoms with Gasteiger partial charge in [-0.1, -0.05) is 12.1 Å². The fraction of sp³-hybridized carbons (Fsp3) is 0.278. The second-order valence-electron chi connectivity index (χ2n) is 5.74. The van der Waals surface area contributed by atoms with Gasteiger partial charge in [-0.2, -0.15) is 5.10 Å². The van der Waals surface area contributed by atoms with E-state index in [-0.39, 0.29) is 0 Å². The van der Waals surface area contributed by atoms with Crippen LogP contribution in [0.2, 0.25) is 0 Å². The summed E-state index contributed by atoms with van der Waals surface area (Å²) in [5, 5.41) is 6.51. The van der Waals surface area contributed by atoms with Gasteiger partial charge in [0, 0.05) is 22.1 Å². The van der Waals surface area contributed by atoms with Crippen LogP contribution in [0.25, 0.3) is 0 Å². The molecule has 6 nitrogen and oxygen atoms in total. The fourth-order valence-corrected chi connectivity index (χ4v) is 3.77. The first-order valence-electron chi connectivity index (χ1n) is 7.83. The fourth-order valence-electron chi connectivity index (χ4n) is 2.66. The van der Waals surface area contributed by atoms with Gasteiger partial charge < -0.3 is 15.2 Å². The Morgan fingerprint density at radius 1 is 1.12 bits per heavy atom. The van der Waals surface area contributed by atoms with E-state index in [1.165, 1.54) is 0 Å². The maximum Gasteiger partial charge on any atom is 0.161 e. The first-order chi connectivity index (χ1) is 12.1. The highest BCUT2D eigenvalue weighted by Gasteiger charge is 2.20. The minimum Gasteiger partial charge on any atom is -0.493 e. The van der Waals surface area contributed by atoms with Gasteiger partial charge in [0.05, 0.1) is 32.2 Å². The van der Waals surface area contributed by atoms with Crippen molar-refractivity contribution >= 4 is 22.2 Å². The Kier molecular flexibility index (Phi) is 5.23. The summed E-state index contributed by atoms with van der Waals surface area (Å²) in [7, 11) is 2.19. The number of rotatable bonds is 5. The third-order valence-electron chi connectivity index (χ3n) is 3.91. The highest BCUT2D eigenvalue weighted by atomic mass is 32.2. The first-order valence-corrected chi connectivity index (χ1v) is 9.32. The predicted molar refractivity (Wildman–Crippen MR) is 100 cm³/mol. The molecule has 7 heteroatoms. The monoisotopic (exact) mass is 359 g/mol. The zero-order valence-electron chi connectivity index (χ0n) is 14.3. The van der Waals surface area contributed by atoms with E-state index in [1.807, 2.05) is 47.5 Å². The normalized spacial score (nSPS) is 17.1. The molecule has 132 valence electrons. The number of anilines is 1. The molecular weight excluding hydrogens is 338 g/mol. The zero-order chi connectivity index (χ0) is 17.8. The predicted octanol–water partition coefficient (Wildman–Crippen LogP) is 2.21. The Balaban J connectivity index is 1.86. The van der Waals surface area contributed by atoms with Gasteiger partial charge in [0.25, 0.3) is 0 Å². The van der Waals surface area contributed by atoms with E-state index in [0.29, 0.717) is 29.7 Å². The Bertz CT molecular complexity index is 806. The van der Waals surface area contributed by atoms with Gasteiger partial charge in [-0.15, -0.1) is 0 Å². The van der Waals surface area contributed by atoms with Crippen LogP contribution in [0.1, 0.15) is 11.1 Å². The van der Waals surface area contributed by atoms with Crippen molar-refractivity contribution < 1.29 is 13.7 Å². The third kappa shape index (κ3) is 4.11. The van der Waals surface area contributed by atoms with Crippen LogP contribution in [-0.4, -0.2) is 40.8 Å². The SMILES string of the molecule is COc1ccc(C2=NN(Cc3ccc(N)cc3)CS(=O)C2)cc1OC. The number of nitrogens with two attached hydrogens (primary N) is 1. The lowest BCUT2D eigenvalue weighted by molar-refractivity contribution is 0.325. The van der Waals surface area contributed by atoms with Crippen molar-refractivity contribution in [3.05, 3.63) is 53.6 Å². The van der Waals surface area contributed by atoms with Gasteiger partial charge in [-0.3, -0.25) is 9.22 Å². The van der Waals surface area contributed by atoms with Crippen LogP contribution >= 0.6 is 0 Å². The van der Waals surface area contributed by atoms with Crippen LogP contribution in [0.4, 0.5) is 5.69 Å². The number of hydrogen-bond acceptors (Lipinski definition) is 6. The van der Waals surface area contributed by atoms with Crippen molar-refractivity contribution in [3.63, 3.8) is 0 Å². The molecule has 0 bridgehead atoms. The number of ether oxygens (including phenoxy) is 2. The quantitative estimate of drug-likeness (QED) is 0.828. The summed E-state index contributed by atoms with van der Waals surface area (Å²) in [6.07, 6.45) is 0. The summed E-state index contributed by atoms with van der Waals surface area (Å²) in [5.41, 5.74) is 9.18. The van der Waals surface area contributed by atoms with Gasteiger partial charge in [0.2, 0.25) is 0 Å². The average Bonchev–Trinajstić information content (AvgIpc) is 2.62. The third-order valence-corrected chi connectivity index (χ3v) is 5.10. The molecule has 25 heavy (non-hydrogen) atoms. The lowest BCUT2D eigenvalue weighted by atomic mass is 10.1. The molecule has 0 fully saturated rings. The molecule has 1 heterocycles. The molecule has 2 aromatic carbocycles. The Labute approximate surface area is 149 Å². The topological polar surface area (TPSA) is 77.1 Å². The van der Waals surface area contributed by atoms with Crippen molar-refractivity contribution in [1.82, 2.24) is 5.01 Å². The molecule has 2 aromatic rings. The van der Waals surface area contributed by atoms with E-state index in [9.17, 15) is 4.21 Å². The number of nitrogen functional groups attached to an aromatic ring is 1. The number of methoxy groups -OCH3 is 2. The van der Waals surface area contributed by atoms with Gasteiger partial charge >= 0.3 is 0 Å². The second-order valence-corrected chi connectivity index (χ2v) is 7.16. The highest BCUT2D eigenvalue weighted by molar-refractivity contribution is 7.85. The van der Waals surface area contributed by atoms with E-state index in [0.717, 1.165) is 22.5 Å². The molecule has 1 aliphatic rings. The minimum absolute atomic E-state index is 0.418. The lowest BCUT2D eigenvalue weighted by Crippen LogP contribution is -2.32. The molecular formula is C18H21N3O3S. The van der Waals surface area contributed by atoms with Crippen molar-refractivity contribution in [1.29, 1.82) is 0 Å². The molecule has 3 rings (SSSR count). The van der Waals surface area contributed by atoms with Crippen LogP contribution in [0.5, 0.6) is 11.5 Å². The summed E-state index contributed by atoms with van der Waals surface area (Å²) >= 11 is 0. The van der Waals surface area contributed by atoms with Crippen LogP contribution in [0.15, 0.2) is 47.6 Å². The Hall–Kier alpha value is -2.54. The standard InChI is InChI=1S/C18H21N3O3S/c1-23-17-8-5-14(9-18(17)24-2)16-11-25(22)12-21(20-16)10-13-3-6-15(19)7-4-13/h3-9H,10-12,19H2,1-2H3. The lowest BCUT2D eigenvalue weighted by Gasteiger charge is -2.25. The van der Waals surface area contributed by atoms with Gasteiger partial charge in [-0.05, 0) is 35.9 Å². The molecule has 0 amide bonds. The van der Waals surface area contributed by atoms with Crippen molar-refractivity contribution in [2.24, 2.45) is 5.10 Å². The van der Waals surface area contributed by atoms with Gasteiger partial charge in [0.15, 0.2) is 11.5 Å². The zero-order valence-corrected chi connectivity index (χ0v) is 15.1. The molecule has 0 aromatic heterocycles. The molecule has 0 radical (unpaired) electrons. The van der Waals surface area contributed by atoms with Gasteiger partial charge in [-0.25, -0.2) is 0 Å². The summed E-state index contributed by atoms with van der Waals surface area (Å²) in [5.74, 6) is 2.13. The maximum absolute atomic E-state index is 12.3. The van der Waals surface area contributed by atoms with E-state index < -0.39 is 10.8 Å². The number of hydrogen-bond donors (Lipinski definition) is 1. The molecule has 1 aliphatic heterocycles. The Morgan fingerprint density at radius 2 is 1.84 bits per heavy atom. The molecule has 2 N–H and O–H groups in total. The summed E-state index contributed by atoms with van der Waals surface area (Å²) in [4.78, 5) is 0. The number of nitrogens with zero attached hydrogens (tertiary/aromatic N) is 2. The van der Waals surface area contributed by atoms with Crippen LogP contribution in [0.3, 0.4) is 0 Å². The summed E-state index contributed by atoms with van der Waals surface area (Å²) in [6, 6.07) is 13.2. The van der Waals surface area contributed by atoms with Crippen molar-refractivity contribution in [2.45, 2.75) is 6.54 Å². The smallest absolute Gasteiger partial charge is 0.161 e. The molecule has 0 saturated heterocycles. The number of hydrazone groups is 1.